The van der Waals surface area contributed by atoms with E-state index in [-0.39, 0.29) is 6.04 Å². The van der Waals surface area contributed by atoms with Crippen LogP contribution in [0.4, 0.5) is 0 Å². The third kappa shape index (κ3) is 3.47. The number of nitrogens with two attached hydrogens (primary N) is 1. The Morgan fingerprint density at radius 2 is 1.95 bits per heavy atom. The maximum atomic E-state index is 6.21. The molecule has 3 nitrogen and oxygen atoms in total. The average Bonchev–Trinajstić information content (AvgIpc) is 2.60. The van der Waals surface area contributed by atoms with E-state index in [4.69, 9.17) is 40.5 Å². The van der Waals surface area contributed by atoms with E-state index in [9.17, 15) is 0 Å². The zero-order chi connectivity index (χ0) is 14.9. The van der Waals surface area contributed by atoms with Crippen LogP contribution < -0.4 is 5.73 Å². The second-order valence-electron chi connectivity index (χ2n) is 4.88. The molecule has 0 spiro atoms. The highest BCUT2D eigenvalue weighted by atomic mass is 35.5. The van der Waals surface area contributed by atoms with Crippen LogP contribution in [-0.2, 0) is 19.9 Å². The van der Waals surface area contributed by atoms with Gasteiger partial charge in [-0.05, 0) is 37.5 Å². The molecule has 1 heterocycles. The fraction of sp³-hybridized carbons (Fsp3) is 0.357. The molecule has 1 atom stereocenters. The smallest absolute Gasteiger partial charge is 0.130 e. The van der Waals surface area contributed by atoms with Crippen LogP contribution in [0, 0.1) is 6.92 Å². The molecule has 0 saturated heterocycles. The topological polar surface area (TPSA) is 43.8 Å². The molecular weight excluding hydrogens is 317 g/mol. The minimum Gasteiger partial charge on any atom is -0.327 e. The van der Waals surface area contributed by atoms with Gasteiger partial charge in [-0.15, -0.1) is 0 Å². The van der Waals surface area contributed by atoms with Crippen LogP contribution >= 0.6 is 34.8 Å². The van der Waals surface area contributed by atoms with Gasteiger partial charge in [0.1, 0.15) is 5.15 Å². The van der Waals surface area contributed by atoms with Gasteiger partial charge >= 0.3 is 0 Å². The molecule has 108 valence electrons. The van der Waals surface area contributed by atoms with Crippen molar-refractivity contribution in [3.63, 3.8) is 0 Å². The summed E-state index contributed by atoms with van der Waals surface area (Å²) in [5.74, 6) is 0. The first-order valence-electron chi connectivity index (χ1n) is 6.26. The van der Waals surface area contributed by atoms with Crippen LogP contribution in [-0.4, -0.2) is 15.8 Å². The number of hydrogen-bond donors (Lipinski definition) is 1. The van der Waals surface area contributed by atoms with Gasteiger partial charge in [0.05, 0.1) is 5.69 Å². The van der Waals surface area contributed by atoms with E-state index in [1.54, 1.807) is 10.7 Å². The van der Waals surface area contributed by atoms with Crippen molar-refractivity contribution in [1.29, 1.82) is 0 Å². The Bertz CT molecular complexity index is 622. The Morgan fingerprint density at radius 1 is 1.25 bits per heavy atom. The van der Waals surface area contributed by atoms with E-state index in [0.717, 1.165) is 16.8 Å². The summed E-state index contributed by atoms with van der Waals surface area (Å²) in [6.45, 7) is 1.93. The summed E-state index contributed by atoms with van der Waals surface area (Å²) in [6, 6.07) is 5.38. The van der Waals surface area contributed by atoms with E-state index in [2.05, 4.69) is 5.10 Å². The molecule has 0 fully saturated rings. The molecule has 1 aromatic heterocycles. The summed E-state index contributed by atoms with van der Waals surface area (Å²) in [4.78, 5) is 0. The Labute approximate surface area is 133 Å². The van der Waals surface area contributed by atoms with Crippen molar-refractivity contribution in [2.24, 2.45) is 12.8 Å². The van der Waals surface area contributed by atoms with Gasteiger partial charge in [0.2, 0.25) is 0 Å². The summed E-state index contributed by atoms with van der Waals surface area (Å²) in [5, 5.41) is 6.19. The predicted octanol–water partition coefficient (Wildman–Crippen LogP) is 3.80. The number of nitrogens with zero attached hydrogens (tertiary/aromatic N) is 2. The van der Waals surface area contributed by atoms with E-state index >= 15 is 0 Å². The zero-order valence-corrected chi connectivity index (χ0v) is 13.6. The zero-order valence-electron chi connectivity index (χ0n) is 11.3. The highest BCUT2D eigenvalue weighted by Crippen LogP contribution is 2.24. The number of benzene rings is 1. The van der Waals surface area contributed by atoms with Crippen LogP contribution in [0.25, 0.3) is 0 Å². The molecule has 1 unspecified atom stereocenters. The number of halogens is 3. The van der Waals surface area contributed by atoms with Crippen LogP contribution in [0.2, 0.25) is 15.2 Å². The van der Waals surface area contributed by atoms with Gasteiger partial charge in [-0.2, -0.15) is 5.10 Å². The molecular formula is C14H16Cl3N3. The lowest BCUT2D eigenvalue weighted by molar-refractivity contribution is 0.662. The SMILES string of the molecule is Cc1nn(C)c(Cl)c1CC(N)Cc1ccc(Cl)cc1Cl. The van der Waals surface area contributed by atoms with E-state index in [1.165, 1.54) is 0 Å². The summed E-state index contributed by atoms with van der Waals surface area (Å²) in [5.41, 5.74) is 9.10. The quantitative estimate of drug-likeness (QED) is 0.925. The Kier molecular flexibility index (Phi) is 4.97. The largest absolute Gasteiger partial charge is 0.327 e. The van der Waals surface area contributed by atoms with Gasteiger partial charge in [0, 0.05) is 28.7 Å². The first-order chi connectivity index (χ1) is 9.38. The highest BCUT2D eigenvalue weighted by molar-refractivity contribution is 6.35. The van der Waals surface area contributed by atoms with Gasteiger partial charge in [0.15, 0.2) is 0 Å². The number of hydrogen-bond acceptors (Lipinski definition) is 2. The molecule has 0 aliphatic heterocycles. The van der Waals surface area contributed by atoms with Crippen molar-refractivity contribution in [3.05, 3.63) is 50.2 Å². The molecule has 0 amide bonds. The summed E-state index contributed by atoms with van der Waals surface area (Å²) in [6.07, 6.45) is 1.33. The molecule has 0 aliphatic carbocycles. The second kappa shape index (κ2) is 6.35. The first kappa shape index (κ1) is 15.6. The molecule has 2 N–H and O–H groups in total. The number of rotatable bonds is 4. The standard InChI is InChI=1S/C14H16Cl3N3/c1-8-12(14(17)20(2)19-8)7-11(18)5-9-3-4-10(15)6-13(9)16/h3-4,6,11H,5,7,18H2,1-2H3. The maximum absolute atomic E-state index is 6.21. The van der Waals surface area contributed by atoms with Crippen LogP contribution in [0.1, 0.15) is 16.8 Å². The predicted molar refractivity (Wildman–Crippen MR) is 84.8 cm³/mol. The fourth-order valence-corrected chi connectivity index (χ4v) is 2.95. The summed E-state index contributed by atoms with van der Waals surface area (Å²) in [7, 11) is 1.82. The Morgan fingerprint density at radius 3 is 2.50 bits per heavy atom. The second-order valence-corrected chi connectivity index (χ2v) is 6.08. The van der Waals surface area contributed by atoms with Crippen molar-refractivity contribution in [2.75, 3.05) is 0 Å². The third-order valence-corrected chi connectivity index (χ3v) is 4.29. The van der Waals surface area contributed by atoms with Gasteiger partial charge in [-0.25, -0.2) is 0 Å². The van der Waals surface area contributed by atoms with E-state index < -0.39 is 0 Å². The lowest BCUT2D eigenvalue weighted by Crippen LogP contribution is -2.26. The molecule has 1 aromatic carbocycles. The van der Waals surface area contributed by atoms with Crippen molar-refractivity contribution in [1.82, 2.24) is 9.78 Å². The van der Waals surface area contributed by atoms with E-state index in [1.807, 2.05) is 26.1 Å². The molecule has 2 aromatic rings. The Balaban J connectivity index is 2.11. The minimum absolute atomic E-state index is 0.0749. The minimum atomic E-state index is -0.0749. The molecule has 0 saturated carbocycles. The summed E-state index contributed by atoms with van der Waals surface area (Å²) < 4.78 is 1.66. The van der Waals surface area contributed by atoms with E-state index in [0.29, 0.717) is 28.0 Å². The van der Waals surface area contributed by atoms with Crippen molar-refractivity contribution in [2.45, 2.75) is 25.8 Å². The number of aromatic nitrogens is 2. The van der Waals surface area contributed by atoms with Gasteiger partial charge < -0.3 is 5.73 Å². The Hall–Kier alpha value is -0.740. The molecule has 0 aliphatic rings. The lowest BCUT2D eigenvalue weighted by Gasteiger charge is -2.13. The van der Waals surface area contributed by atoms with Crippen molar-refractivity contribution < 1.29 is 0 Å². The summed E-state index contributed by atoms with van der Waals surface area (Å²) >= 11 is 18.3. The van der Waals surface area contributed by atoms with Gasteiger partial charge in [-0.1, -0.05) is 40.9 Å². The van der Waals surface area contributed by atoms with Gasteiger partial charge in [-0.3, -0.25) is 4.68 Å². The first-order valence-corrected chi connectivity index (χ1v) is 7.39. The van der Waals surface area contributed by atoms with Crippen LogP contribution in [0.3, 0.4) is 0 Å². The normalized spacial score (nSPS) is 12.7. The highest BCUT2D eigenvalue weighted by Gasteiger charge is 2.16. The monoisotopic (exact) mass is 331 g/mol. The third-order valence-electron chi connectivity index (χ3n) is 3.23. The van der Waals surface area contributed by atoms with Crippen LogP contribution in [0.5, 0.6) is 0 Å². The molecule has 20 heavy (non-hydrogen) atoms. The molecule has 0 radical (unpaired) electrons. The van der Waals surface area contributed by atoms with Crippen molar-refractivity contribution >= 4 is 34.8 Å². The fourth-order valence-electron chi connectivity index (χ4n) is 2.21. The van der Waals surface area contributed by atoms with Crippen molar-refractivity contribution in [3.8, 4) is 0 Å². The average molecular weight is 333 g/mol. The molecule has 6 heteroatoms. The molecule has 2 rings (SSSR count). The lowest BCUT2D eigenvalue weighted by atomic mass is 10.0. The maximum Gasteiger partial charge on any atom is 0.130 e. The van der Waals surface area contributed by atoms with Gasteiger partial charge in [0.25, 0.3) is 0 Å². The number of aryl methyl sites for hydroxylation is 2. The molecule has 0 bridgehead atoms. The van der Waals surface area contributed by atoms with Crippen LogP contribution in [0.15, 0.2) is 18.2 Å².